The molecule has 3 heteroatoms. The normalized spacial score (nSPS) is 28.3. The third kappa shape index (κ3) is 3.20. The van der Waals surface area contributed by atoms with Gasteiger partial charge in [0.1, 0.15) is 14.1 Å². The van der Waals surface area contributed by atoms with Crippen LogP contribution in [0.3, 0.4) is 0 Å². The van der Waals surface area contributed by atoms with Crippen LogP contribution in [0.1, 0.15) is 26.7 Å². The molecule has 0 N–H and O–H groups in total. The van der Waals surface area contributed by atoms with Crippen LogP contribution in [0.15, 0.2) is 0 Å². The Balaban J connectivity index is 2.72. The van der Waals surface area contributed by atoms with Crippen molar-refractivity contribution in [3.05, 3.63) is 0 Å². The number of hydrogen-bond acceptors (Lipinski definition) is 2. The van der Waals surface area contributed by atoms with Crippen LogP contribution < -0.4 is 0 Å². The van der Waals surface area contributed by atoms with Gasteiger partial charge in [-0.05, 0) is 12.2 Å². The van der Waals surface area contributed by atoms with Crippen LogP contribution in [-0.4, -0.2) is 40.5 Å². The van der Waals surface area contributed by atoms with Crippen LogP contribution in [-0.2, 0) is 0 Å². The predicted octanol–water partition coefficient (Wildman–Crippen LogP) is 2.94. The SMILES string of the molecule is CSC1CC(=[N+](C)C)CC(C(C)C)S1. The highest BCUT2D eigenvalue weighted by Crippen LogP contribution is 2.38. The Kier molecular flexibility index (Phi) is 4.84. The highest BCUT2D eigenvalue weighted by Gasteiger charge is 2.31. The van der Waals surface area contributed by atoms with Gasteiger partial charge in [0.15, 0.2) is 5.71 Å². The largest absolute Gasteiger partial charge is 0.242 e. The van der Waals surface area contributed by atoms with Crippen molar-refractivity contribution in [3.8, 4) is 0 Å². The molecule has 0 radical (unpaired) electrons. The molecule has 1 aliphatic heterocycles. The number of thioether (sulfide) groups is 2. The summed E-state index contributed by atoms with van der Waals surface area (Å²) < 4.78 is 3.09. The van der Waals surface area contributed by atoms with E-state index in [4.69, 9.17) is 0 Å². The summed E-state index contributed by atoms with van der Waals surface area (Å²) in [6.07, 6.45) is 4.78. The smallest absolute Gasteiger partial charge is 0.154 e. The first-order valence-electron chi connectivity index (χ1n) is 5.25. The summed E-state index contributed by atoms with van der Waals surface area (Å²) in [6, 6.07) is 0. The van der Waals surface area contributed by atoms with E-state index in [-0.39, 0.29) is 0 Å². The van der Waals surface area contributed by atoms with E-state index in [1.165, 1.54) is 12.8 Å². The second kappa shape index (κ2) is 5.45. The highest BCUT2D eigenvalue weighted by molar-refractivity contribution is 8.17. The molecule has 1 fully saturated rings. The molecule has 1 aliphatic rings. The Morgan fingerprint density at radius 2 is 2.00 bits per heavy atom. The molecule has 0 aromatic rings. The Morgan fingerprint density at radius 3 is 2.43 bits per heavy atom. The maximum atomic E-state index is 2.34. The zero-order valence-electron chi connectivity index (χ0n) is 9.91. The molecule has 14 heavy (non-hydrogen) atoms. The van der Waals surface area contributed by atoms with Gasteiger partial charge in [-0.1, -0.05) is 13.8 Å². The van der Waals surface area contributed by atoms with Crippen molar-refractivity contribution >= 4 is 29.2 Å². The maximum absolute atomic E-state index is 2.34. The molecule has 0 amide bonds. The van der Waals surface area contributed by atoms with Gasteiger partial charge in [-0.15, -0.1) is 11.8 Å². The average Bonchev–Trinajstić information content (AvgIpc) is 2.16. The van der Waals surface area contributed by atoms with Gasteiger partial charge >= 0.3 is 0 Å². The molecule has 0 aromatic heterocycles. The Labute approximate surface area is 96.7 Å². The lowest BCUT2D eigenvalue weighted by molar-refractivity contribution is -0.467. The van der Waals surface area contributed by atoms with Crippen molar-refractivity contribution < 1.29 is 4.58 Å². The quantitative estimate of drug-likeness (QED) is 0.673. The van der Waals surface area contributed by atoms with E-state index in [1.807, 2.05) is 11.8 Å². The Hall–Kier alpha value is 0.370. The zero-order chi connectivity index (χ0) is 10.7. The first-order chi connectivity index (χ1) is 6.54. The summed E-state index contributed by atoms with van der Waals surface area (Å²) in [5, 5.41) is 0.818. The molecule has 0 saturated carbocycles. The predicted molar refractivity (Wildman–Crippen MR) is 69.9 cm³/mol. The molecule has 1 nitrogen and oxygen atoms in total. The summed E-state index contributed by atoms with van der Waals surface area (Å²) in [7, 11) is 4.36. The van der Waals surface area contributed by atoms with Crippen molar-refractivity contribution in [3.63, 3.8) is 0 Å². The van der Waals surface area contributed by atoms with Crippen LogP contribution in [0.4, 0.5) is 0 Å². The van der Waals surface area contributed by atoms with Crippen LogP contribution in [0.2, 0.25) is 0 Å². The van der Waals surface area contributed by atoms with E-state index < -0.39 is 0 Å². The number of hydrogen-bond donors (Lipinski definition) is 0. The fourth-order valence-corrected chi connectivity index (χ4v) is 4.21. The number of rotatable bonds is 2. The third-order valence-corrected chi connectivity index (χ3v) is 5.94. The first-order valence-corrected chi connectivity index (χ1v) is 7.48. The lowest BCUT2D eigenvalue weighted by atomic mass is 10.0. The van der Waals surface area contributed by atoms with E-state index in [0.29, 0.717) is 0 Å². The van der Waals surface area contributed by atoms with Gasteiger partial charge in [-0.25, -0.2) is 4.58 Å². The summed E-state index contributed by atoms with van der Waals surface area (Å²) in [5.74, 6) is 0.796. The van der Waals surface area contributed by atoms with Crippen LogP contribution in [0.5, 0.6) is 0 Å². The average molecular weight is 232 g/mol. The minimum absolute atomic E-state index is 0.772. The van der Waals surface area contributed by atoms with Gasteiger partial charge in [0.05, 0.1) is 4.58 Å². The van der Waals surface area contributed by atoms with Gasteiger partial charge in [0, 0.05) is 18.1 Å². The lowest BCUT2D eigenvalue weighted by Gasteiger charge is -2.29. The van der Waals surface area contributed by atoms with E-state index in [9.17, 15) is 0 Å². The van der Waals surface area contributed by atoms with E-state index in [0.717, 1.165) is 15.7 Å². The first kappa shape index (κ1) is 12.4. The zero-order valence-corrected chi connectivity index (χ0v) is 11.5. The summed E-state index contributed by atoms with van der Waals surface area (Å²) in [5.41, 5.74) is 1.63. The second-order valence-corrected chi connectivity index (χ2v) is 7.24. The molecule has 0 spiro atoms. The van der Waals surface area contributed by atoms with Gasteiger partial charge in [0.25, 0.3) is 0 Å². The topological polar surface area (TPSA) is 3.01 Å². The Bertz CT molecular complexity index is 219. The van der Waals surface area contributed by atoms with Gasteiger partial charge < -0.3 is 0 Å². The molecule has 2 atom stereocenters. The minimum atomic E-state index is 0.772. The monoisotopic (exact) mass is 232 g/mol. The van der Waals surface area contributed by atoms with E-state index >= 15 is 0 Å². The standard InChI is InChI=1S/C11H22NS2/c1-8(2)10-6-9(12(3)4)7-11(13-5)14-10/h8,10-11H,6-7H2,1-5H3/q+1. The van der Waals surface area contributed by atoms with E-state index in [2.05, 4.69) is 50.5 Å². The molecule has 1 heterocycles. The molecule has 2 unspecified atom stereocenters. The van der Waals surface area contributed by atoms with Crippen molar-refractivity contribution in [1.82, 2.24) is 0 Å². The summed E-state index contributed by atoms with van der Waals surface area (Å²) in [4.78, 5) is 0. The van der Waals surface area contributed by atoms with Gasteiger partial charge in [-0.3, -0.25) is 0 Å². The fourth-order valence-electron chi connectivity index (χ4n) is 1.70. The van der Waals surface area contributed by atoms with Crippen LogP contribution in [0.25, 0.3) is 0 Å². The molecular weight excluding hydrogens is 210 g/mol. The van der Waals surface area contributed by atoms with Crippen molar-refractivity contribution in [2.45, 2.75) is 36.5 Å². The van der Waals surface area contributed by atoms with Gasteiger partial charge in [0.2, 0.25) is 0 Å². The molecule has 82 valence electrons. The van der Waals surface area contributed by atoms with Crippen LogP contribution >= 0.6 is 23.5 Å². The summed E-state index contributed by atoms with van der Waals surface area (Å²) >= 11 is 4.18. The molecule has 0 aromatic carbocycles. The molecule has 1 saturated heterocycles. The molecule has 1 rings (SSSR count). The fraction of sp³-hybridized carbons (Fsp3) is 0.909. The Morgan fingerprint density at radius 1 is 1.36 bits per heavy atom. The van der Waals surface area contributed by atoms with Crippen LogP contribution in [0, 0.1) is 5.92 Å². The minimum Gasteiger partial charge on any atom is -0.242 e. The molecular formula is C11H22NS2+. The van der Waals surface area contributed by atoms with Crippen molar-refractivity contribution in [2.24, 2.45) is 5.92 Å². The van der Waals surface area contributed by atoms with E-state index in [1.54, 1.807) is 5.71 Å². The summed E-state index contributed by atoms with van der Waals surface area (Å²) in [6.45, 7) is 4.68. The highest BCUT2D eigenvalue weighted by atomic mass is 32.2. The van der Waals surface area contributed by atoms with Crippen molar-refractivity contribution in [2.75, 3.05) is 20.4 Å². The van der Waals surface area contributed by atoms with Crippen molar-refractivity contribution in [1.29, 1.82) is 0 Å². The third-order valence-electron chi connectivity index (χ3n) is 2.80. The number of nitrogens with zero attached hydrogens (tertiary/aromatic N) is 1. The maximum Gasteiger partial charge on any atom is 0.154 e. The second-order valence-electron chi connectivity index (χ2n) is 4.45. The molecule has 0 bridgehead atoms. The molecule has 0 aliphatic carbocycles. The van der Waals surface area contributed by atoms with Gasteiger partial charge in [-0.2, -0.15) is 11.8 Å². The lowest BCUT2D eigenvalue weighted by Crippen LogP contribution is -2.30.